The summed E-state index contributed by atoms with van der Waals surface area (Å²) in [5.41, 5.74) is 1.21. The van der Waals surface area contributed by atoms with Crippen molar-refractivity contribution in [1.29, 1.82) is 0 Å². The number of hydrogen-bond acceptors (Lipinski definition) is 5. The number of benzene rings is 3. The highest BCUT2D eigenvalue weighted by atomic mass is 35.5. The molecule has 7 heteroatoms. The quantitative estimate of drug-likeness (QED) is 0.399. The second-order valence-electron chi connectivity index (χ2n) is 6.17. The van der Waals surface area contributed by atoms with Crippen LogP contribution < -0.4 is 15.0 Å². The normalized spacial score (nSPS) is 10.7. The molecule has 1 heterocycles. The Kier molecular flexibility index (Phi) is 5.01. The number of nitrogens with one attached hydrogen (secondary N) is 1. The Bertz CT molecular complexity index is 1280. The molecule has 0 saturated carbocycles. The summed E-state index contributed by atoms with van der Waals surface area (Å²) in [5.74, 6) is 0.331. The Labute approximate surface area is 170 Å². The van der Waals surface area contributed by atoms with Gasteiger partial charge in [0.1, 0.15) is 5.82 Å². The molecule has 0 amide bonds. The van der Waals surface area contributed by atoms with E-state index in [2.05, 4.69) is 9.97 Å². The van der Waals surface area contributed by atoms with Gasteiger partial charge in [-0.1, -0.05) is 35.9 Å². The molecule has 6 nitrogen and oxygen atoms in total. The third kappa shape index (κ3) is 3.70. The number of halogens is 1. The molecule has 0 aliphatic heterocycles. The van der Waals surface area contributed by atoms with Gasteiger partial charge in [-0.05, 0) is 42.5 Å². The number of hydrogen-bond donors (Lipinski definition) is 1. The lowest BCUT2D eigenvalue weighted by atomic mass is 10.1. The Morgan fingerprint density at radius 3 is 2.55 bits per heavy atom. The maximum absolute atomic E-state index is 12.4. The van der Waals surface area contributed by atoms with Crippen molar-refractivity contribution >= 4 is 28.5 Å². The molecule has 0 aliphatic carbocycles. The minimum Gasteiger partial charge on any atom is -0.493 e. The molecule has 144 valence electrons. The van der Waals surface area contributed by atoms with Crippen molar-refractivity contribution in [2.45, 2.75) is 0 Å². The molecule has 29 heavy (non-hydrogen) atoms. The highest BCUT2D eigenvalue weighted by Crippen LogP contribution is 2.32. The number of carbonyl (C=O) groups excluding carboxylic acids is 1. The average molecular weight is 407 g/mol. The maximum atomic E-state index is 12.4. The van der Waals surface area contributed by atoms with E-state index in [4.69, 9.17) is 21.1 Å². The number of nitrogens with zero attached hydrogens (tertiary/aromatic N) is 1. The van der Waals surface area contributed by atoms with Gasteiger partial charge in [0.15, 0.2) is 11.5 Å². The van der Waals surface area contributed by atoms with Crippen LogP contribution in [0.3, 0.4) is 0 Å². The van der Waals surface area contributed by atoms with Crippen LogP contribution in [-0.4, -0.2) is 23.0 Å². The molecule has 0 saturated heterocycles. The van der Waals surface area contributed by atoms with Crippen LogP contribution in [0.1, 0.15) is 10.4 Å². The molecule has 1 aromatic heterocycles. The Morgan fingerprint density at radius 1 is 1.00 bits per heavy atom. The zero-order valence-corrected chi connectivity index (χ0v) is 16.1. The van der Waals surface area contributed by atoms with Gasteiger partial charge in [0.05, 0.1) is 28.6 Å². The average Bonchev–Trinajstić information content (AvgIpc) is 2.74. The van der Waals surface area contributed by atoms with E-state index in [1.54, 1.807) is 60.7 Å². The number of ether oxygens (including phenoxy) is 2. The van der Waals surface area contributed by atoms with Crippen LogP contribution in [-0.2, 0) is 0 Å². The minimum atomic E-state index is -0.598. The van der Waals surface area contributed by atoms with Gasteiger partial charge in [0.2, 0.25) is 0 Å². The number of aromatic nitrogens is 2. The Hall–Kier alpha value is -3.64. The fourth-order valence-electron chi connectivity index (χ4n) is 2.90. The fourth-order valence-corrected chi connectivity index (χ4v) is 3.12. The second kappa shape index (κ2) is 7.77. The van der Waals surface area contributed by atoms with Gasteiger partial charge >= 0.3 is 5.97 Å². The van der Waals surface area contributed by atoms with Crippen LogP contribution in [0.25, 0.3) is 22.3 Å². The van der Waals surface area contributed by atoms with E-state index < -0.39 is 5.97 Å². The molecule has 4 rings (SSSR count). The highest BCUT2D eigenvalue weighted by Gasteiger charge is 2.16. The molecule has 0 bridgehead atoms. The number of carbonyl (C=O) groups is 1. The first-order chi connectivity index (χ1) is 14.1. The molecule has 0 aliphatic rings. The zero-order valence-electron chi connectivity index (χ0n) is 15.3. The number of H-pyrrole nitrogens is 1. The van der Waals surface area contributed by atoms with E-state index in [0.717, 1.165) is 0 Å². The molecule has 0 radical (unpaired) electrons. The number of fused-ring (bicyclic) bond motifs is 1. The van der Waals surface area contributed by atoms with E-state index in [9.17, 15) is 9.59 Å². The monoisotopic (exact) mass is 406 g/mol. The van der Waals surface area contributed by atoms with Crippen LogP contribution in [0.2, 0.25) is 5.02 Å². The summed E-state index contributed by atoms with van der Waals surface area (Å²) >= 11 is 6.05. The third-order valence-corrected chi connectivity index (χ3v) is 4.68. The van der Waals surface area contributed by atoms with E-state index in [1.807, 2.05) is 6.07 Å². The first-order valence-corrected chi connectivity index (χ1v) is 9.09. The fraction of sp³-hybridized carbons (Fsp3) is 0.0455. The standard InChI is InChI=1S/C22H15ClN2O4/c1-28-19-12-13(20-24-17-9-5-3-7-15(17)21(26)25-20)10-11-18(19)29-22(27)14-6-2-4-8-16(14)23/h2-12H,1H3,(H,24,25,26). The largest absolute Gasteiger partial charge is 0.493 e. The molecular formula is C22H15ClN2O4. The Balaban J connectivity index is 1.69. The van der Waals surface area contributed by atoms with Gasteiger partial charge in [-0.15, -0.1) is 0 Å². The molecule has 0 fully saturated rings. The summed E-state index contributed by atoms with van der Waals surface area (Å²) in [7, 11) is 1.46. The number of aromatic amines is 1. The van der Waals surface area contributed by atoms with Gasteiger partial charge in [-0.25, -0.2) is 9.78 Å². The van der Waals surface area contributed by atoms with Gasteiger partial charge in [0, 0.05) is 5.56 Å². The van der Waals surface area contributed by atoms with Crippen molar-refractivity contribution in [1.82, 2.24) is 9.97 Å². The molecule has 0 spiro atoms. The first-order valence-electron chi connectivity index (χ1n) is 8.71. The van der Waals surface area contributed by atoms with E-state index in [1.165, 1.54) is 7.11 Å². The molecule has 0 unspecified atom stereocenters. The Morgan fingerprint density at radius 2 is 1.76 bits per heavy atom. The van der Waals surface area contributed by atoms with Crippen molar-refractivity contribution in [3.05, 3.63) is 87.7 Å². The second-order valence-corrected chi connectivity index (χ2v) is 6.57. The van der Waals surface area contributed by atoms with Gasteiger partial charge in [-0.3, -0.25) is 4.79 Å². The van der Waals surface area contributed by atoms with E-state index >= 15 is 0 Å². The third-order valence-electron chi connectivity index (χ3n) is 4.35. The van der Waals surface area contributed by atoms with Crippen molar-refractivity contribution < 1.29 is 14.3 Å². The highest BCUT2D eigenvalue weighted by molar-refractivity contribution is 6.33. The lowest BCUT2D eigenvalue weighted by Crippen LogP contribution is -2.11. The van der Waals surface area contributed by atoms with Crippen LogP contribution in [0.15, 0.2) is 71.5 Å². The van der Waals surface area contributed by atoms with Crippen LogP contribution in [0, 0.1) is 0 Å². The molecular weight excluding hydrogens is 392 g/mol. The summed E-state index contributed by atoms with van der Waals surface area (Å²) in [6.45, 7) is 0. The maximum Gasteiger partial charge on any atom is 0.345 e. The smallest absolute Gasteiger partial charge is 0.345 e. The van der Waals surface area contributed by atoms with Crippen LogP contribution in [0.5, 0.6) is 11.5 Å². The van der Waals surface area contributed by atoms with Gasteiger partial charge < -0.3 is 14.5 Å². The summed E-state index contributed by atoms with van der Waals surface area (Å²) in [6, 6.07) is 18.6. The molecule has 0 atom stereocenters. The number of esters is 1. The summed E-state index contributed by atoms with van der Waals surface area (Å²) in [4.78, 5) is 32.0. The van der Waals surface area contributed by atoms with E-state index in [0.29, 0.717) is 33.1 Å². The molecule has 1 N–H and O–H groups in total. The summed E-state index contributed by atoms with van der Waals surface area (Å²) in [6.07, 6.45) is 0. The zero-order chi connectivity index (χ0) is 20.4. The SMILES string of the molecule is COc1cc(-c2nc3ccccc3c(=O)[nH]2)ccc1OC(=O)c1ccccc1Cl. The topological polar surface area (TPSA) is 81.3 Å². The number of rotatable bonds is 4. The predicted octanol–water partition coefficient (Wildman–Crippen LogP) is 4.47. The van der Waals surface area contributed by atoms with Crippen molar-refractivity contribution in [3.63, 3.8) is 0 Å². The molecule has 4 aromatic rings. The van der Waals surface area contributed by atoms with Crippen LogP contribution >= 0.6 is 11.6 Å². The lowest BCUT2D eigenvalue weighted by molar-refractivity contribution is 0.0730. The van der Waals surface area contributed by atoms with E-state index in [-0.39, 0.29) is 16.9 Å². The molecule has 3 aromatic carbocycles. The van der Waals surface area contributed by atoms with Crippen molar-refractivity contribution in [2.24, 2.45) is 0 Å². The minimum absolute atomic E-state index is 0.226. The van der Waals surface area contributed by atoms with Crippen LogP contribution in [0.4, 0.5) is 0 Å². The van der Waals surface area contributed by atoms with Crippen molar-refractivity contribution in [3.8, 4) is 22.9 Å². The number of para-hydroxylation sites is 1. The first kappa shape index (κ1) is 18.7. The lowest BCUT2D eigenvalue weighted by Gasteiger charge is -2.11. The van der Waals surface area contributed by atoms with Crippen molar-refractivity contribution in [2.75, 3.05) is 7.11 Å². The summed E-state index contributed by atoms with van der Waals surface area (Å²) < 4.78 is 10.8. The van der Waals surface area contributed by atoms with Gasteiger partial charge in [-0.2, -0.15) is 0 Å². The van der Waals surface area contributed by atoms with Gasteiger partial charge in [0.25, 0.3) is 5.56 Å². The number of methoxy groups -OCH3 is 1. The summed E-state index contributed by atoms with van der Waals surface area (Å²) in [5, 5.41) is 0.805. The predicted molar refractivity (Wildman–Crippen MR) is 111 cm³/mol.